The summed E-state index contributed by atoms with van der Waals surface area (Å²) in [6, 6.07) is 11.4. The van der Waals surface area contributed by atoms with Crippen molar-refractivity contribution in [2.45, 2.75) is 46.5 Å². The van der Waals surface area contributed by atoms with Crippen LogP contribution in [0.3, 0.4) is 0 Å². The lowest BCUT2D eigenvalue weighted by atomic mass is 9.88. The summed E-state index contributed by atoms with van der Waals surface area (Å²) < 4.78 is 0. The van der Waals surface area contributed by atoms with Gasteiger partial charge in [0.2, 0.25) is 0 Å². The van der Waals surface area contributed by atoms with Crippen LogP contribution in [0, 0.1) is 0 Å². The van der Waals surface area contributed by atoms with E-state index in [0.717, 1.165) is 25.7 Å². The lowest BCUT2D eigenvalue weighted by Crippen LogP contribution is -2.02. The molecule has 1 aliphatic rings. The molecule has 0 radical (unpaired) electrons. The minimum atomic E-state index is 1.13. The number of hydrogen-bond acceptors (Lipinski definition) is 0. The van der Waals surface area contributed by atoms with E-state index < -0.39 is 0 Å². The van der Waals surface area contributed by atoms with Crippen LogP contribution >= 0.6 is 0 Å². The van der Waals surface area contributed by atoms with E-state index >= 15 is 0 Å². The van der Waals surface area contributed by atoms with Crippen molar-refractivity contribution < 1.29 is 0 Å². The average molecular weight is 250 g/mol. The summed E-state index contributed by atoms with van der Waals surface area (Å²) in [6.07, 6.45) is 4.60. The zero-order chi connectivity index (χ0) is 13.4. The Morgan fingerprint density at radius 2 is 1.58 bits per heavy atom. The van der Waals surface area contributed by atoms with Crippen molar-refractivity contribution >= 4 is 0 Å². The summed E-state index contributed by atoms with van der Waals surface area (Å²) in [6.45, 7) is 6.88. The van der Waals surface area contributed by atoms with Gasteiger partial charge in [-0.15, -0.1) is 0 Å². The SMILES string of the molecule is CCc1cc2c(c(CC)c1CC)Cc1ccccc1-2. The summed E-state index contributed by atoms with van der Waals surface area (Å²) in [5.74, 6) is 0. The highest BCUT2D eigenvalue weighted by Crippen LogP contribution is 2.41. The minimum absolute atomic E-state index is 1.13. The molecule has 0 heteroatoms. The minimum Gasteiger partial charge on any atom is -0.0619 e. The molecule has 0 bridgehead atoms. The molecule has 0 N–H and O–H groups in total. The van der Waals surface area contributed by atoms with E-state index in [2.05, 4.69) is 51.1 Å². The molecule has 2 aromatic carbocycles. The zero-order valence-electron chi connectivity index (χ0n) is 12.2. The van der Waals surface area contributed by atoms with Crippen LogP contribution in [0.2, 0.25) is 0 Å². The summed E-state index contributed by atoms with van der Waals surface area (Å²) in [4.78, 5) is 0. The molecule has 19 heavy (non-hydrogen) atoms. The Hall–Kier alpha value is -1.56. The fraction of sp³-hybridized carbons (Fsp3) is 0.368. The number of hydrogen-bond donors (Lipinski definition) is 0. The highest BCUT2D eigenvalue weighted by Gasteiger charge is 2.23. The van der Waals surface area contributed by atoms with E-state index in [0.29, 0.717) is 0 Å². The third-order valence-corrected chi connectivity index (χ3v) is 4.52. The van der Waals surface area contributed by atoms with E-state index in [-0.39, 0.29) is 0 Å². The molecule has 0 fully saturated rings. The second kappa shape index (κ2) is 4.85. The van der Waals surface area contributed by atoms with E-state index in [4.69, 9.17) is 0 Å². The lowest BCUT2D eigenvalue weighted by molar-refractivity contribution is 0.963. The molecule has 0 atom stereocenters. The normalized spacial score (nSPS) is 12.4. The molecule has 0 saturated carbocycles. The molecule has 1 aliphatic carbocycles. The second-order valence-electron chi connectivity index (χ2n) is 5.41. The van der Waals surface area contributed by atoms with Crippen LogP contribution in [-0.4, -0.2) is 0 Å². The molecule has 0 saturated heterocycles. The Morgan fingerprint density at radius 1 is 0.842 bits per heavy atom. The Morgan fingerprint density at radius 3 is 2.26 bits per heavy atom. The van der Waals surface area contributed by atoms with Crippen LogP contribution < -0.4 is 0 Å². The van der Waals surface area contributed by atoms with Crippen LogP contribution in [0.1, 0.15) is 48.6 Å². The van der Waals surface area contributed by atoms with Gasteiger partial charge in [0.25, 0.3) is 0 Å². The van der Waals surface area contributed by atoms with Crippen LogP contribution in [0.25, 0.3) is 11.1 Å². The molecule has 0 spiro atoms. The fourth-order valence-corrected chi connectivity index (χ4v) is 3.64. The van der Waals surface area contributed by atoms with Gasteiger partial charge in [0.05, 0.1) is 0 Å². The average Bonchev–Trinajstić information content (AvgIpc) is 2.83. The van der Waals surface area contributed by atoms with Gasteiger partial charge in [-0.1, -0.05) is 51.1 Å². The van der Waals surface area contributed by atoms with Crippen molar-refractivity contribution in [2.24, 2.45) is 0 Å². The summed E-state index contributed by atoms with van der Waals surface area (Å²) in [7, 11) is 0. The van der Waals surface area contributed by atoms with Gasteiger partial charge >= 0.3 is 0 Å². The lowest BCUT2D eigenvalue weighted by Gasteiger charge is -2.17. The van der Waals surface area contributed by atoms with Gasteiger partial charge in [0.1, 0.15) is 0 Å². The Balaban J connectivity index is 2.29. The molecular formula is C19H22. The van der Waals surface area contributed by atoms with E-state index in [1.807, 2.05) is 0 Å². The predicted octanol–water partition coefficient (Wildman–Crippen LogP) is 4.95. The molecule has 0 heterocycles. The monoisotopic (exact) mass is 250 g/mol. The summed E-state index contributed by atoms with van der Waals surface area (Å²) in [5, 5.41) is 0. The van der Waals surface area contributed by atoms with Crippen molar-refractivity contribution in [3.05, 3.63) is 58.1 Å². The van der Waals surface area contributed by atoms with Gasteiger partial charge in [0.15, 0.2) is 0 Å². The van der Waals surface area contributed by atoms with Crippen LogP contribution in [0.5, 0.6) is 0 Å². The molecule has 3 rings (SSSR count). The van der Waals surface area contributed by atoms with E-state index in [1.54, 1.807) is 22.3 Å². The molecule has 0 amide bonds. The van der Waals surface area contributed by atoms with Gasteiger partial charge in [0, 0.05) is 0 Å². The number of benzene rings is 2. The maximum absolute atomic E-state index is 2.46. The van der Waals surface area contributed by atoms with Crippen molar-refractivity contribution in [3.63, 3.8) is 0 Å². The highest BCUT2D eigenvalue weighted by atomic mass is 14.3. The van der Waals surface area contributed by atoms with Crippen LogP contribution in [0.15, 0.2) is 30.3 Å². The van der Waals surface area contributed by atoms with Crippen molar-refractivity contribution in [3.8, 4) is 11.1 Å². The number of fused-ring (bicyclic) bond motifs is 3. The first-order valence-corrected chi connectivity index (χ1v) is 7.54. The Labute approximate surface area is 116 Å². The third-order valence-electron chi connectivity index (χ3n) is 4.52. The number of aryl methyl sites for hydroxylation is 1. The largest absolute Gasteiger partial charge is 0.0619 e. The van der Waals surface area contributed by atoms with Gasteiger partial charge in [-0.2, -0.15) is 0 Å². The fourth-order valence-electron chi connectivity index (χ4n) is 3.64. The Kier molecular flexibility index (Phi) is 3.18. The first-order valence-electron chi connectivity index (χ1n) is 7.54. The molecular weight excluding hydrogens is 228 g/mol. The zero-order valence-corrected chi connectivity index (χ0v) is 12.2. The summed E-state index contributed by atoms with van der Waals surface area (Å²) >= 11 is 0. The maximum atomic E-state index is 2.46. The van der Waals surface area contributed by atoms with Crippen LogP contribution in [-0.2, 0) is 25.7 Å². The molecule has 0 unspecified atom stereocenters. The topological polar surface area (TPSA) is 0 Å². The second-order valence-corrected chi connectivity index (χ2v) is 5.41. The van der Waals surface area contributed by atoms with Crippen molar-refractivity contribution in [1.29, 1.82) is 0 Å². The molecule has 0 aromatic heterocycles. The third kappa shape index (κ3) is 1.82. The molecule has 0 nitrogen and oxygen atoms in total. The molecule has 2 aromatic rings. The van der Waals surface area contributed by atoms with Crippen molar-refractivity contribution in [1.82, 2.24) is 0 Å². The van der Waals surface area contributed by atoms with Gasteiger partial charge < -0.3 is 0 Å². The molecule has 0 aliphatic heterocycles. The van der Waals surface area contributed by atoms with Gasteiger partial charge in [-0.25, -0.2) is 0 Å². The standard InChI is InChI=1S/C19H22/c1-4-13-11-19-17-10-8-7-9-14(17)12-18(19)16(6-3)15(13)5-2/h7-11H,4-6,12H2,1-3H3. The van der Waals surface area contributed by atoms with Crippen molar-refractivity contribution in [2.75, 3.05) is 0 Å². The first-order chi connectivity index (χ1) is 9.30. The summed E-state index contributed by atoms with van der Waals surface area (Å²) in [5.41, 5.74) is 10.8. The van der Waals surface area contributed by atoms with E-state index in [1.165, 1.54) is 16.7 Å². The van der Waals surface area contributed by atoms with Gasteiger partial charge in [-0.05, 0) is 64.6 Å². The maximum Gasteiger partial charge on any atom is -0.00106 e. The predicted molar refractivity (Wildman–Crippen MR) is 82.8 cm³/mol. The van der Waals surface area contributed by atoms with Crippen LogP contribution in [0.4, 0.5) is 0 Å². The smallest absolute Gasteiger partial charge is 0.00106 e. The molecule has 98 valence electrons. The highest BCUT2D eigenvalue weighted by molar-refractivity contribution is 5.79. The first kappa shape index (κ1) is 12.5. The number of rotatable bonds is 3. The quantitative estimate of drug-likeness (QED) is 0.617. The Bertz CT molecular complexity index is 620. The van der Waals surface area contributed by atoms with E-state index in [9.17, 15) is 0 Å². The van der Waals surface area contributed by atoms with Gasteiger partial charge in [-0.3, -0.25) is 0 Å².